The van der Waals surface area contributed by atoms with Gasteiger partial charge in [0.1, 0.15) is 6.04 Å². The lowest BCUT2D eigenvalue weighted by Gasteiger charge is -2.42. The van der Waals surface area contributed by atoms with E-state index < -0.39 is 28.7 Å². The molecule has 2 aromatic rings. The standard InChI is InChI=1S/C34H43N3O4S/c1-6-16-35(17-7-2)31(39)28-27-19-22(5)34(42-27)29(28)32(40)37(25(9-4)21-38)30(34)33(41)36(18-8-3)26-15-14-23-12-10-11-13-24(23)20-26/h6,8,10-15,20,22,25,27-30,38H,1,3,7,9,16-19,21H2,2,4-5H3/t22?,25-,27-,28+,29-,30?,34?/m0/s1. The molecule has 0 radical (unpaired) electrons. The molecule has 7 nitrogen and oxygen atoms in total. The largest absolute Gasteiger partial charge is 0.394 e. The second-order valence-corrected chi connectivity index (χ2v) is 13.4. The van der Waals surface area contributed by atoms with Crippen molar-refractivity contribution in [2.75, 3.05) is 31.1 Å². The van der Waals surface area contributed by atoms with Crippen molar-refractivity contribution >= 4 is 45.9 Å². The Morgan fingerprint density at radius 1 is 1.12 bits per heavy atom. The van der Waals surface area contributed by atoms with Gasteiger partial charge >= 0.3 is 0 Å². The van der Waals surface area contributed by atoms with Crippen molar-refractivity contribution in [2.45, 2.75) is 62.1 Å². The number of anilines is 1. The van der Waals surface area contributed by atoms with E-state index in [1.165, 1.54) is 0 Å². The summed E-state index contributed by atoms with van der Waals surface area (Å²) in [6, 6.07) is 12.6. The van der Waals surface area contributed by atoms with E-state index in [1.807, 2.05) is 61.2 Å². The van der Waals surface area contributed by atoms with Crippen LogP contribution in [0.5, 0.6) is 0 Å². The third kappa shape index (κ3) is 4.67. The fraction of sp³-hybridized carbons (Fsp3) is 0.500. The number of fused-ring (bicyclic) bond motifs is 2. The minimum absolute atomic E-state index is 0.0241. The van der Waals surface area contributed by atoms with Crippen LogP contribution in [0.2, 0.25) is 0 Å². The Balaban J connectivity index is 1.62. The van der Waals surface area contributed by atoms with Crippen molar-refractivity contribution in [3.05, 3.63) is 67.8 Å². The molecule has 7 atom stereocenters. The summed E-state index contributed by atoms with van der Waals surface area (Å²) >= 11 is 1.67. The number of likely N-dealkylation sites (tertiary alicyclic amines) is 1. The number of aliphatic hydroxyl groups excluding tert-OH is 1. The summed E-state index contributed by atoms with van der Waals surface area (Å²) in [5, 5.41) is 12.5. The quantitative estimate of drug-likeness (QED) is 0.357. The molecule has 0 aliphatic carbocycles. The van der Waals surface area contributed by atoms with E-state index in [4.69, 9.17) is 0 Å². The molecule has 2 aromatic carbocycles. The average Bonchev–Trinajstić information content (AvgIpc) is 3.59. The van der Waals surface area contributed by atoms with Crippen LogP contribution in [0.4, 0.5) is 5.69 Å². The van der Waals surface area contributed by atoms with Crippen LogP contribution in [0.1, 0.15) is 40.0 Å². The van der Waals surface area contributed by atoms with E-state index in [2.05, 4.69) is 20.1 Å². The smallest absolute Gasteiger partial charge is 0.251 e. The molecule has 8 heteroatoms. The number of carbonyl (C=O) groups excluding carboxylic acids is 3. The van der Waals surface area contributed by atoms with Crippen molar-refractivity contribution in [3.8, 4) is 0 Å². The van der Waals surface area contributed by atoms with E-state index in [1.54, 1.807) is 33.7 Å². The number of hydrogen-bond donors (Lipinski definition) is 1. The van der Waals surface area contributed by atoms with Crippen molar-refractivity contribution in [1.82, 2.24) is 9.80 Å². The van der Waals surface area contributed by atoms with Crippen LogP contribution < -0.4 is 4.90 Å². The molecule has 42 heavy (non-hydrogen) atoms. The molecule has 224 valence electrons. The molecule has 3 fully saturated rings. The minimum Gasteiger partial charge on any atom is -0.394 e. The lowest BCUT2D eigenvalue weighted by atomic mass is 9.65. The van der Waals surface area contributed by atoms with Crippen LogP contribution >= 0.6 is 11.8 Å². The molecule has 2 bridgehead atoms. The van der Waals surface area contributed by atoms with Gasteiger partial charge in [-0.1, -0.05) is 63.3 Å². The number of hydrogen-bond acceptors (Lipinski definition) is 5. The maximum absolute atomic E-state index is 14.9. The predicted octanol–water partition coefficient (Wildman–Crippen LogP) is 4.89. The zero-order valence-electron chi connectivity index (χ0n) is 24.9. The number of aliphatic hydroxyl groups is 1. The number of nitrogens with zero attached hydrogens (tertiary/aromatic N) is 3. The maximum Gasteiger partial charge on any atom is 0.251 e. The molecule has 0 aromatic heterocycles. The predicted molar refractivity (Wildman–Crippen MR) is 170 cm³/mol. The van der Waals surface area contributed by atoms with Crippen molar-refractivity contribution in [1.29, 1.82) is 0 Å². The number of carbonyl (C=O) groups is 3. The van der Waals surface area contributed by atoms with Gasteiger partial charge in [0.25, 0.3) is 5.91 Å². The number of rotatable bonds is 12. The minimum atomic E-state index is -0.805. The third-order valence-electron chi connectivity index (χ3n) is 9.55. The summed E-state index contributed by atoms with van der Waals surface area (Å²) in [6.45, 7) is 14.9. The molecule has 1 spiro atoms. The van der Waals surface area contributed by atoms with E-state index in [0.717, 1.165) is 29.3 Å². The summed E-state index contributed by atoms with van der Waals surface area (Å²) in [5.41, 5.74) is 0.737. The SMILES string of the molecule is C=CCN(CCC)C(=O)[C@@H]1[C@@H]2CC(C)C3(S2)C(C(=O)N(CC=C)c2ccc4ccccc4c2)N([C@@H](CC)CO)C(=O)[C@H]13. The van der Waals surface area contributed by atoms with Crippen LogP contribution in [-0.4, -0.2) is 80.9 Å². The third-order valence-corrected chi connectivity index (χ3v) is 11.6. The Hall–Kier alpha value is -3.10. The van der Waals surface area contributed by atoms with Gasteiger partial charge in [-0.25, -0.2) is 0 Å². The molecule has 3 amide bonds. The van der Waals surface area contributed by atoms with E-state index in [0.29, 0.717) is 19.5 Å². The molecule has 3 unspecified atom stereocenters. The van der Waals surface area contributed by atoms with E-state index in [-0.39, 0.29) is 42.0 Å². The van der Waals surface area contributed by atoms with Gasteiger partial charge in [0, 0.05) is 30.6 Å². The van der Waals surface area contributed by atoms with E-state index in [9.17, 15) is 19.5 Å². The Morgan fingerprint density at radius 2 is 1.83 bits per heavy atom. The van der Waals surface area contributed by atoms with Crippen LogP contribution in [0, 0.1) is 17.8 Å². The fourth-order valence-corrected chi connectivity index (χ4v) is 10.1. The molecule has 5 rings (SSSR count). The Bertz CT molecular complexity index is 1380. The van der Waals surface area contributed by atoms with Crippen LogP contribution in [0.3, 0.4) is 0 Å². The first kappa shape index (κ1) is 30.4. The number of thioether (sulfide) groups is 1. The fourth-order valence-electron chi connectivity index (χ4n) is 7.70. The molecule has 0 saturated carbocycles. The summed E-state index contributed by atoms with van der Waals surface area (Å²) < 4.78 is -0.760. The molecular formula is C34H43N3O4S. The summed E-state index contributed by atoms with van der Waals surface area (Å²) in [4.78, 5) is 48.8. The summed E-state index contributed by atoms with van der Waals surface area (Å²) in [5.74, 6) is -1.47. The molecule has 3 heterocycles. The van der Waals surface area contributed by atoms with Crippen LogP contribution in [0.15, 0.2) is 67.8 Å². The number of benzene rings is 2. The average molecular weight is 590 g/mol. The van der Waals surface area contributed by atoms with Gasteiger partial charge in [-0.05, 0) is 48.1 Å². The zero-order chi connectivity index (χ0) is 30.2. The maximum atomic E-state index is 14.9. The first-order chi connectivity index (χ1) is 20.3. The van der Waals surface area contributed by atoms with Gasteiger partial charge in [-0.3, -0.25) is 14.4 Å². The van der Waals surface area contributed by atoms with Gasteiger partial charge in [-0.2, -0.15) is 0 Å². The highest BCUT2D eigenvalue weighted by molar-refractivity contribution is 8.02. The molecule has 1 N–H and O–H groups in total. The first-order valence-electron chi connectivity index (χ1n) is 15.2. The normalized spacial score (nSPS) is 28.5. The van der Waals surface area contributed by atoms with Gasteiger partial charge in [0.15, 0.2) is 0 Å². The van der Waals surface area contributed by atoms with Gasteiger partial charge < -0.3 is 19.8 Å². The highest BCUT2D eigenvalue weighted by Gasteiger charge is 2.77. The van der Waals surface area contributed by atoms with Crippen molar-refractivity contribution in [2.24, 2.45) is 17.8 Å². The molecule has 3 aliphatic rings. The summed E-state index contributed by atoms with van der Waals surface area (Å²) in [6.07, 6.45) is 5.52. The van der Waals surface area contributed by atoms with Gasteiger partial charge in [0.2, 0.25) is 11.8 Å². The Morgan fingerprint density at radius 3 is 2.48 bits per heavy atom. The second kappa shape index (κ2) is 12.3. The van der Waals surface area contributed by atoms with Crippen LogP contribution in [-0.2, 0) is 14.4 Å². The topological polar surface area (TPSA) is 81.2 Å². The lowest BCUT2D eigenvalue weighted by molar-refractivity contribution is -0.145. The Kier molecular flexibility index (Phi) is 8.86. The van der Waals surface area contributed by atoms with Crippen molar-refractivity contribution < 1.29 is 19.5 Å². The monoisotopic (exact) mass is 589 g/mol. The Labute approximate surface area is 253 Å². The molecule has 3 aliphatic heterocycles. The summed E-state index contributed by atoms with van der Waals surface area (Å²) in [7, 11) is 0. The zero-order valence-corrected chi connectivity index (χ0v) is 25.8. The second-order valence-electron chi connectivity index (χ2n) is 11.9. The highest BCUT2D eigenvalue weighted by Crippen LogP contribution is 2.69. The molecule has 3 saturated heterocycles. The van der Waals surface area contributed by atoms with Gasteiger partial charge in [-0.15, -0.1) is 24.9 Å². The highest BCUT2D eigenvalue weighted by atomic mass is 32.2. The van der Waals surface area contributed by atoms with Crippen molar-refractivity contribution in [3.63, 3.8) is 0 Å². The number of amides is 3. The van der Waals surface area contributed by atoms with E-state index >= 15 is 0 Å². The van der Waals surface area contributed by atoms with Gasteiger partial charge in [0.05, 0.1) is 29.2 Å². The lowest BCUT2D eigenvalue weighted by Crippen LogP contribution is -2.59. The molecular weight excluding hydrogens is 546 g/mol. The first-order valence-corrected chi connectivity index (χ1v) is 16.1. The van der Waals surface area contributed by atoms with Crippen LogP contribution in [0.25, 0.3) is 10.8 Å².